The van der Waals surface area contributed by atoms with Crippen LogP contribution in [0.5, 0.6) is 0 Å². The molecule has 0 fully saturated rings. The van der Waals surface area contributed by atoms with Crippen molar-refractivity contribution >= 4 is 61.5 Å². The van der Waals surface area contributed by atoms with Gasteiger partial charge >= 0.3 is 51.4 Å². The van der Waals surface area contributed by atoms with E-state index in [0.717, 1.165) is 12.8 Å². The predicted molar refractivity (Wildman–Crippen MR) is 72.4 cm³/mol. The molecule has 0 heterocycles. The van der Waals surface area contributed by atoms with Gasteiger partial charge in [0.2, 0.25) is 0 Å². The average Bonchev–Trinajstić information content (AvgIpc) is 2.19. The van der Waals surface area contributed by atoms with Crippen molar-refractivity contribution in [3.05, 3.63) is 0 Å². The topological polar surface area (TPSA) is 63.6 Å². The van der Waals surface area contributed by atoms with Gasteiger partial charge in [-0.1, -0.05) is 45.4 Å². The Hall–Kier alpha value is 1.51. The van der Waals surface area contributed by atoms with E-state index < -0.39 is 10.1 Å². The number of rotatable bonds is 10. The second kappa shape index (κ2) is 12.5. The molecule has 0 aliphatic rings. The molecular weight excluding hydrogens is 267 g/mol. The van der Waals surface area contributed by atoms with Gasteiger partial charge in [-0.25, -0.2) is 0 Å². The van der Waals surface area contributed by atoms with Crippen molar-refractivity contribution in [3.63, 3.8) is 0 Å². The Morgan fingerprint density at radius 2 is 1.65 bits per heavy atom. The Bertz CT molecular complexity index is 254. The molecule has 0 saturated heterocycles. The van der Waals surface area contributed by atoms with Crippen LogP contribution in [0.25, 0.3) is 0 Å². The van der Waals surface area contributed by atoms with E-state index in [1.165, 1.54) is 32.8 Å². The summed E-state index contributed by atoms with van der Waals surface area (Å²) >= 11 is 0. The number of methoxy groups -OCH3 is 1. The predicted octanol–water partition coefficient (Wildman–Crippen LogP) is 1.99. The maximum atomic E-state index is 10.7. The molecule has 0 bridgehead atoms. The van der Waals surface area contributed by atoms with Gasteiger partial charge in [-0.3, -0.25) is 4.55 Å². The van der Waals surface area contributed by atoms with E-state index in [-0.39, 0.29) is 63.2 Å². The Morgan fingerprint density at radius 3 is 2.12 bits per heavy atom. The van der Waals surface area contributed by atoms with Gasteiger partial charge in [-0.05, 0) is 6.42 Å². The average molecular weight is 292 g/mol. The molecule has 1 atom stereocenters. The van der Waals surface area contributed by atoms with E-state index in [1.807, 2.05) is 0 Å². The fourth-order valence-electron chi connectivity index (χ4n) is 1.66. The zero-order chi connectivity index (χ0) is 12.4. The van der Waals surface area contributed by atoms with Gasteiger partial charge in [0.25, 0.3) is 10.1 Å². The van der Waals surface area contributed by atoms with Crippen LogP contribution in [0.15, 0.2) is 0 Å². The molecule has 0 aromatic carbocycles. The summed E-state index contributed by atoms with van der Waals surface area (Å²) in [6.07, 6.45) is 7.30. The molecule has 4 nitrogen and oxygen atoms in total. The number of unbranched alkanes of at least 4 members (excludes halogenated alkanes) is 5. The van der Waals surface area contributed by atoms with Crippen molar-refractivity contribution < 1.29 is 17.7 Å². The Balaban J connectivity index is 0. The Labute approximate surface area is 148 Å². The molecule has 0 aliphatic heterocycles. The van der Waals surface area contributed by atoms with Gasteiger partial charge in [0.05, 0.1) is 6.10 Å². The summed E-state index contributed by atoms with van der Waals surface area (Å²) in [5.74, 6) is -0.293. The molecule has 17 heavy (non-hydrogen) atoms. The van der Waals surface area contributed by atoms with Crippen molar-refractivity contribution in [3.8, 4) is 0 Å². The van der Waals surface area contributed by atoms with E-state index in [2.05, 4.69) is 6.92 Å². The first-order valence-electron chi connectivity index (χ1n) is 5.97. The second-order valence-corrected chi connectivity index (χ2v) is 5.66. The molecule has 0 aromatic heterocycles. The van der Waals surface area contributed by atoms with Crippen LogP contribution in [0.2, 0.25) is 0 Å². The third-order valence-corrected chi connectivity index (χ3v) is 3.40. The molecular formula is C11H25KO4S. The van der Waals surface area contributed by atoms with Crippen molar-refractivity contribution in [2.45, 2.75) is 58.0 Å². The Morgan fingerprint density at radius 1 is 1.12 bits per heavy atom. The number of hydrogen-bond donors (Lipinski definition) is 1. The van der Waals surface area contributed by atoms with Crippen LogP contribution >= 0.6 is 0 Å². The molecule has 0 amide bonds. The Kier molecular flexibility index (Phi) is 15.3. The van der Waals surface area contributed by atoms with E-state index in [4.69, 9.17) is 9.29 Å². The van der Waals surface area contributed by atoms with Gasteiger partial charge in [-0.2, -0.15) is 8.42 Å². The SMILES string of the molecule is CCCCCCCCC(CS(=O)(=O)O)OC.[KH]. The molecule has 0 radical (unpaired) electrons. The molecule has 0 saturated carbocycles. The van der Waals surface area contributed by atoms with Crippen LogP contribution in [0.4, 0.5) is 0 Å². The van der Waals surface area contributed by atoms with Crippen molar-refractivity contribution in [1.82, 2.24) is 0 Å². The normalized spacial score (nSPS) is 13.1. The van der Waals surface area contributed by atoms with Crippen LogP contribution in [0.1, 0.15) is 51.9 Å². The monoisotopic (exact) mass is 292 g/mol. The number of ether oxygens (including phenoxy) is 1. The summed E-state index contributed by atoms with van der Waals surface area (Å²) in [6, 6.07) is 0. The van der Waals surface area contributed by atoms with Gasteiger partial charge < -0.3 is 4.74 Å². The molecule has 0 aromatic rings. The molecule has 1 unspecified atom stereocenters. The third kappa shape index (κ3) is 15.4. The molecule has 0 aliphatic carbocycles. The minimum absolute atomic E-state index is 0. The molecule has 0 rings (SSSR count). The van der Waals surface area contributed by atoms with Crippen molar-refractivity contribution in [2.24, 2.45) is 0 Å². The van der Waals surface area contributed by atoms with Crippen LogP contribution in [0, 0.1) is 0 Å². The zero-order valence-corrected chi connectivity index (χ0v) is 11.1. The van der Waals surface area contributed by atoms with Gasteiger partial charge in [-0.15, -0.1) is 0 Å². The van der Waals surface area contributed by atoms with Crippen LogP contribution in [-0.2, 0) is 14.9 Å². The maximum absolute atomic E-state index is 10.7. The minimum atomic E-state index is -3.91. The first kappa shape index (κ1) is 20.8. The summed E-state index contributed by atoms with van der Waals surface area (Å²) in [4.78, 5) is 0. The third-order valence-electron chi connectivity index (χ3n) is 2.61. The molecule has 6 heteroatoms. The molecule has 100 valence electrons. The van der Waals surface area contributed by atoms with Crippen LogP contribution in [0.3, 0.4) is 0 Å². The van der Waals surface area contributed by atoms with E-state index in [0.29, 0.717) is 6.42 Å². The van der Waals surface area contributed by atoms with Crippen molar-refractivity contribution in [1.29, 1.82) is 0 Å². The van der Waals surface area contributed by atoms with Crippen LogP contribution in [-0.4, -0.2) is 83.3 Å². The first-order valence-corrected chi connectivity index (χ1v) is 7.58. The molecule has 0 spiro atoms. The standard InChI is InChI=1S/C11H24O4S.K.H/c1-3-4-5-6-7-8-9-11(15-2)10-16(12,13)14;;/h11H,3-10H2,1-2H3,(H,12,13,14);;. The van der Waals surface area contributed by atoms with Gasteiger partial charge in [0.1, 0.15) is 5.75 Å². The summed E-state index contributed by atoms with van der Waals surface area (Å²) in [7, 11) is -2.43. The fraction of sp³-hybridized carbons (Fsp3) is 1.00. The second-order valence-electron chi connectivity index (χ2n) is 4.16. The van der Waals surface area contributed by atoms with E-state index >= 15 is 0 Å². The summed E-state index contributed by atoms with van der Waals surface area (Å²) in [5, 5.41) is 0. The van der Waals surface area contributed by atoms with Gasteiger partial charge in [0, 0.05) is 7.11 Å². The first-order chi connectivity index (χ1) is 7.49. The van der Waals surface area contributed by atoms with Crippen LogP contribution < -0.4 is 0 Å². The summed E-state index contributed by atoms with van der Waals surface area (Å²) in [6.45, 7) is 2.17. The fourth-order valence-corrected chi connectivity index (χ4v) is 2.43. The zero-order valence-electron chi connectivity index (χ0n) is 10.3. The molecule has 1 N–H and O–H groups in total. The quantitative estimate of drug-likeness (QED) is 0.380. The van der Waals surface area contributed by atoms with E-state index in [9.17, 15) is 8.42 Å². The van der Waals surface area contributed by atoms with Crippen molar-refractivity contribution in [2.75, 3.05) is 12.9 Å². The summed E-state index contributed by atoms with van der Waals surface area (Å²) in [5.41, 5.74) is 0. The van der Waals surface area contributed by atoms with Gasteiger partial charge in [0.15, 0.2) is 0 Å². The number of hydrogen-bond acceptors (Lipinski definition) is 3. The van der Waals surface area contributed by atoms with E-state index in [1.54, 1.807) is 0 Å². The summed E-state index contributed by atoms with van der Waals surface area (Å²) < 4.78 is 35.0.